The molecule has 0 spiro atoms. The highest BCUT2D eigenvalue weighted by Gasteiger charge is 2.81. The summed E-state index contributed by atoms with van der Waals surface area (Å²) in [5, 5.41) is 0. The highest BCUT2D eigenvalue weighted by molar-refractivity contribution is 14.1. The van der Waals surface area contributed by atoms with Gasteiger partial charge in [-0.15, -0.1) is 0 Å². The summed E-state index contributed by atoms with van der Waals surface area (Å²) in [6, 6.07) is 0. The van der Waals surface area contributed by atoms with Crippen LogP contribution in [0.3, 0.4) is 0 Å². The average molecular weight is 472 g/mol. The van der Waals surface area contributed by atoms with Crippen molar-refractivity contribution in [1.82, 2.24) is 0 Å². The fourth-order valence-electron chi connectivity index (χ4n) is 2.13. The second kappa shape index (κ2) is 7.55. The number of unbranched alkanes of at least 4 members (excludes halogenated alkanes) is 3. The van der Waals surface area contributed by atoms with Crippen molar-refractivity contribution in [2.45, 2.75) is 79.7 Å². The average Bonchev–Trinajstić information content (AvgIpc) is 2.31. The van der Waals surface area contributed by atoms with Gasteiger partial charge in [-0.25, -0.2) is 4.39 Å². The van der Waals surface area contributed by atoms with Gasteiger partial charge >= 0.3 is 18.3 Å². The lowest BCUT2D eigenvalue weighted by Crippen LogP contribution is -2.63. The number of rotatable bonds is 8. The highest BCUT2D eigenvalue weighted by Crippen LogP contribution is 2.57. The Morgan fingerprint density at radius 1 is 0.739 bits per heavy atom. The molecule has 0 fully saturated rings. The van der Waals surface area contributed by atoms with Gasteiger partial charge in [0.1, 0.15) is 0 Å². The molecule has 0 aromatic heterocycles. The molecule has 0 saturated carbocycles. The number of halogens is 10. The number of hydrogen-bond acceptors (Lipinski definition) is 0. The largest absolute Gasteiger partial charge is 0.457 e. The molecule has 0 aromatic carbocycles. The normalized spacial score (nSPS) is 19.3. The molecular weight excluding hydrogens is 454 g/mol. The van der Waals surface area contributed by atoms with Gasteiger partial charge in [0, 0.05) is 9.84 Å². The summed E-state index contributed by atoms with van der Waals surface area (Å²) in [5.41, 5.74) is -5.67. The van der Waals surface area contributed by atoms with Crippen molar-refractivity contribution in [1.29, 1.82) is 0 Å². The molecule has 0 amide bonds. The van der Waals surface area contributed by atoms with Gasteiger partial charge < -0.3 is 0 Å². The molecule has 0 aliphatic rings. The Morgan fingerprint density at radius 3 is 1.57 bits per heavy atom. The van der Waals surface area contributed by atoms with Gasteiger partial charge in [0.2, 0.25) is 0 Å². The Hall–Kier alpha value is 0.1000. The molecular formula is C13H18F9I. The minimum atomic E-state index is -6.63. The molecule has 2 unspecified atom stereocenters. The van der Waals surface area contributed by atoms with Crippen molar-refractivity contribution >= 4 is 22.6 Å². The zero-order chi connectivity index (χ0) is 18.7. The second-order valence-corrected chi connectivity index (χ2v) is 8.38. The predicted octanol–water partition coefficient (Wildman–Crippen LogP) is 7.01. The minimum Gasteiger partial charge on any atom is -0.227 e. The van der Waals surface area contributed by atoms with Crippen LogP contribution < -0.4 is 0 Å². The summed E-state index contributed by atoms with van der Waals surface area (Å²) < 4.78 is 114. The van der Waals surface area contributed by atoms with Crippen molar-refractivity contribution in [3.8, 4) is 0 Å². The third-order valence-corrected chi connectivity index (χ3v) is 4.39. The molecule has 0 aliphatic heterocycles. The monoisotopic (exact) mass is 472 g/mol. The second-order valence-electron chi connectivity index (χ2n) is 5.77. The predicted molar refractivity (Wildman–Crippen MR) is 76.7 cm³/mol. The van der Waals surface area contributed by atoms with Crippen LogP contribution in [0.1, 0.15) is 52.4 Å². The van der Waals surface area contributed by atoms with Crippen LogP contribution in [-0.2, 0) is 0 Å². The van der Waals surface area contributed by atoms with Gasteiger partial charge in [-0.1, -0.05) is 62.1 Å². The van der Waals surface area contributed by atoms with E-state index in [1.165, 1.54) is 22.6 Å². The van der Waals surface area contributed by atoms with E-state index in [0.29, 0.717) is 12.8 Å². The van der Waals surface area contributed by atoms with Gasteiger partial charge in [-0.05, 0) is 6.42 Å². The van der Waals surface area contributed by atoms with Gasteiger partial charge in [0.25, 0.3) is 5.67 Å². The van der Waals surface area contributed by atoms with E-state index in [9.17, 15) is 39.5 Å². The molecule has 23 heavy (non-hydrogen) atoms. The fraction of sp³-hybridized carbons (Fsp3) is 1.00. The smallest absolute Gasteiger partial charge is 0.227 e. The molecule has 0 aliphatic carbocycles. The first kappa shape index (κ1) is 23.1. The van der Waals surface area contributed by atoms with E-state index in [4.69, 9.17) is 0 Å². The molecule has 140 valence electrons. The van der Waals surface area contributed by atoms with Crippen LogP contribution in [0, 0.1) is 0 Å². The zero-order valence-electron chi connectivity index (χ0n) is 12.5. The maximum absolute atomic E-state index is 14.0. The van der Waals surface area contributed by atoms with E-state index in [1.807, 2.05) is 6.92 Å². The summed E-state index contributed by atoms with van der Waals surface area (Å²) in [4.78, 5) is 0. The Kier molecular flexibility index (Phi) is 7.58. The summed E-state index contributed by atoms with van der Waals surface area (Å²) in [5.74, 6) is -6.52. The number of hydrogen-bond donors (Lipinski definition) is 0. The molecule has 10 heteroatoms. The van der Waals surface area contributed by atoms with Crippen molar-refractivity contribution < 1.29 is 39.5 Å². The van der Waals surface area contributed by atoms with Gasteiger partial charge in [0.15, 0.2) is 0 Å². The van der Waals surface area contributed by atoms with Gasteiger partial charge in [0.05, 0.1) is 0 Å². The summed E-state index contributed by atoms with van der Waals surface area (Å²) in [7, 11) is 0. The molecule has 0 nitrogen and oxygen atoms in total. The Labute approximate surface area is 142 Å². The minimum absolute atomic E-state index is 0.0940. The standard InChI is InChI=1S/C13H18F9I/c1-3-4-5-6-7-9(2,23)8-10(14,12(17,18)19)11(15,16)13(20,21)22/h3-8H2,1-2H3. The van der Waals surface area contributed by atoms with Gasteiger partial charge in [-0.3, -0.25) is 0 Å². The van der Waals surface area contributed by atoms with Crippen LogP contribution in [0.25, 0.3) is 0 Å². The first-order valence-corrected chi connectivity index (χ1v) is 7.99. The van der Waals surface area contributed by atoms with E-state index in [-0.39, 0.29) is 6.42 Å². The van der Waals surface area contributed by atoms with E-state index in [1.54, 1.807) is 0 Å². The SMILES string of the molecule is CCCCCCC(C)(I)CC(F)(C(F)(F)F)C(F)(F)C(F)(F)F. The summed E-state index contributed by atoms with van der Waals surface area (Å²) in [6.45, 7) is 2.91. The number of alkyl halides is 10. The van der Waals surface area contributed by atoms with Crippen LogP contribution in [0.4, 0.5) is 39.5 Å². The molecule has 0 heterocycles. The first-order valence-electron chi connectivity index (χ1n) is 6.91. The molecule has 0 bridgehead atoms. The van der Waals surface area contributed by atoms with E-state index in [0.717, 1.165) is 19.8 Å². The molecule has 0 aromatic rings. The fourth-order valence-corrected chi connectivity index (χ4v) is 3.04. The van der Waals surface area contributed by atoms with Crippen molar-refractivity contribution in [2.75, 3.05) is 0 Å². The van der Waals surface area contributed by atoms with Gasteiger partial charge in [-0.2, -0.15) is 35.1 Å². The summed E-state index contributed by atoms with van der Waals surface area (Å²) in [6.07, 6.45) is -12.6. The third-order valence-electron chi connectivity index (χ3n) is 3.47. The van der Waals surface area contributed by atoms with Crippen LogP contribution in [-0.4, -0.2) is 27.4 Å². The highest BCUT2D eigenvalue weighted by atomic mass is 127. The van der Waals surface area contributed by atoms with E-state index < -0.39 is 33.8 Å². The molecule has 0 N–H and O–H groups in total. The van der Waals surface area contributed by atoms with Crippen molar-refractivity contribution in [2.24, 2.45) is 0 Å². The topological polar surface area (TPSA) is 0 Å². The van der Waals surface area contributed by atoms with Crippen molar-refractivity contribution in [3.63, 3.8) is 0 Å². The Balaban J connectivity index is 5.44. The maximum Gasteiger partial charge on any atom is 0.457 e. The summed E-state index contributed by atoms with van der Waals surface area (Å²) >= 11 is 1.32. The Bertz CT molecular complexity index is 373. The Morgan fingerprint density at radius 2 is 1.22 bits per heavy atom. The van der Waals surface area contributed by atoms with Crippen LogP contribution in [0.15, 0.2) is 0 Å². The molecule has 0 saturated heterocycles. The van der Waals surface area contributed by atoms with E-state index >= 15 is 0 Å². The third kappa shape index (κ3) is 5.55. The van der Waals surface area contributed by atoms with Crippen LogP contribution in [0.5, 0.6) is 0 Å². The maximum atomic E-state index is 14.0. The zero-order valence-corrected chi connectivity index (χ0v) is 14.7. The molecule has 0 radical (unpaired) electrons. The molecule has 2 atom stereocenters. The van der Waals surface area contributed by atoms with Crippen LogP contribution in [0.2, 0.25) is 0 Å². The van der Waals surface area contributed by atoms with Crippen LogP contribution >= 0.6 is 22.6 Å². The lowest BCUT2D eigenvalue weighted by molar-refractivity contribution is -0.385. The van der Waals surface area contributed by atoms with Crippen molar-refractivity contribution in [3.05, 3.63) is 0 Å². The van der Waals surface area contributed by atoms with E-state index in [2.05, 4.69) is 0 Å². The first-order chi connectivity index (χ1) is 10.0. The molecule has 0 rings (SSSR count). The lowest BCUT2D eigenvalue weighted by Gasteiger charge is -2.39. The quantitative estimate of drug-likeness (QED) is 0.154. The lowest BCUT2D eigenvalue weighted by atomic mass is 9.84.